The van der Waals surface area contributed by atoms with Gasteiger partial charge in [-0.25, -0.2) is 0 Å². The lowest BCUT2D eigenvalue weighted by molar-refractivity contribution is 0.408. The van der Waals surface area contributed by atoms with E-state index in [2.05, 4.69) is 45.7 Å². The number of hydrogen-bond acceptors (Lipinski definition) is 3. The Kier molecular flexibility index (Phi) is 5.69. The quantitative estimate of drug-likeness (QED) is 0.548. The van der Waals surface area contributed by atoms with E-state index in [1.165, 1.54) is 11.1 Å². The number of aliphatic imine (C=N–C) groups is 1. The third kappa shape index (κ3) is 4.11. The van der Waals surface area contributed by atoms with E-state index in [1.807, 2.05) is 36.5 Å². The molecule has 3 aromatic rings. The lowest BCUT2D eigenvalue weighted by atomic mass is 10.1. The Morgan fingerprint density at radius 2 is 1.81 bits per heavy atom. The van der Waals surface area contributed by atoms with Crippen LogP contribution < -0.4 is 15.4 Å². The summed E-state index contributed by atoms with van der Waals surface area (Å²) < 4.78 is 5.46. The standard InChI is InChI=1S/C21H24N4O/c1-15-8-9-17(20(12-15)26-3)14-25-21(22-2)24-13-16-10-11-23-19-7-5-4-6-18(16)19/h4-12H,13-14H2,1-3H3,(H2,22,24,25). The first-order chi connectivity index (χ1) is 12.7. The van der Waals surface area contributed by atoms with E-state index in [0.717, 1.165) is 28.2 Å². The first kappa shape index (κ1) is 17.7. The van der Waals surface area contributed by atoms with Crippen molar-refractivity contribution in [1.82, 2.24) is 15.6 Å². The topological polar surface area (TPSA) is 58.5 Å². The molecule has 0 atom stereocenters. The number of nitrogens with zero attached hydrogens (tertiary/aromatic N) is 2. The molecule has 1 aromatic heterocycles. The first-order valence-electron chi connectivity index (χ1n) is 8.62. The highest BCUT2D eigenvalue weighted by molar-refractivity contribution is 5.83. The number of pyridine rings is 1. The molecule has 0 saturated carbocycles. The van der Waals surface area contributed by atoms with Crippen molar-refractivity contribution >= 4 is 16.9 Å². The molecule has 1 heterocycles. The van der Waals surface area contributed by atoms with Gasteiger partial charge >= 0.3 is 0 Å². The summed E-state index contributed by atoms with van der Waals surface area (Å²) in [5.74, 6) is 1.63. The Morgan fingerprint density at radius 1 is 1.04 bits per heavy atom. The van der Waals surface area contributed by atoms with Crippen LogP contribution in [0.5, 0.6) is 5.75 Å². The molecule has 26 heavy (non-hydrogen) atoms. The SMILES string of the molecule is CN=C(NCc1ccc(C)cc1OC)NCc1ccnc2ccccc12. The minimum Gasteiger partial charge on any atom is -0.496 e. The summed E-state index contributed by atoms with van der Waals surface area (Å²) >= 11 is 0. The molecule has 0 aliphatic heterocycles. The highest BCUT2D eigenvalue weighted by atomic mass is 16.5. The number of nitrogens with one attached hydrogen (secondary N) is 2. The van der Waals surface area contributed by atoms with Crippen LogP contribution in [0.3, 0.4) is 0 Å². The third-order valence-corrected chi connectivity index (χ3v) is 4.30. The second kappa shape index (κ2) is 8.34. The average Bonchev–Trinajstić information content (AvgIpc) is 2.68. The second-order valence-corrected chi connectivity index (χ2v) is 6.08. The first-order valence-corrected chi connectivity index (χ1v) is 8.62. The summed E-state index contributed by atoms with van der Waals surface area (Å²) in [5.41, 5.74) is 4.46. The van der Waals surface area contributed by atoms with Crippen molar-refractivity contribution in [2.75, 3.05) is 14.2 Å². The van der Waals surface area contributed by atoms with E-state index >= 15 is 0 Å². The van der Waals surface area contributed by atoms with Gasteiger partial charge in [0.15, 0.2) is 5.96 Å². The number of methoxy groups -OCH3 is 1. The van der Waals surface area contributed by atoms with E-state index in [9.17, 15) is 0 Å². The van der Waals surface area contributed by atoms with E-state index in [-0.39, 0.29) is 0 Å². The summed E-state index contributed by atoms with van der Waals surface area (Å²) in [5, 5.41) is 7.86. The van der Waals surface area contributed by atoms with Gasteiger partial charge in [0.2, 0.25) is 0 Å². The Bertz CT molecular complexity index is 916. The van der Waals surface area contributed by atoms with Gasteiger partial charge in [0.1, 0.15) is 5.75 Å². The monoisotopic (exact) mass is 348 g/mol. The highest BCUT2D eigenvalue weighted by Crippen LogP contribution is 2.19. The van der Waals surface area contributed by atoms with Gasteiger partial charge in [-0.05, 0) is 36.2 Å². The van der Waals surface area contributed by atoms with Gasteiger partial charge < -0.3 is 15.4 Å². The van der Waals surface area contributed by atoms with Crippen molar-refractivity contribution in [3.8, 4) is 5.75 Å². The molecule has 0 spiro atoms. The summed E-state index contributed by atoms with van der Waals surface area (Å²) in [6.07, 6.45) is 1.84. The summed E-state index contributed by atoms with van der Waals surface area (Å²) in [4.78, 5) is 8.71. The number of hydrogen-bond donors (Lipinski definition) is 2. The van der Waals surface area contributed by atoms with Crippen LogP contribution in [-0.2, 0) is 13.1 Å². The zero-order chi connectivity index (χ0) is 18.4. The maximum atomic E-state index is 5.46. The molecule has 3 rings (SSSR count). The minimum atomic E-state index is 0.639. The molecule has 0 fully saturated rings. The minimum absolute atomic E-state index is 0.639. The number of benzene rings is 2. The van der Waals surface area contributed by atoms with Gasteiger partial charge in [-0.15, -0.1) is 0 Å². The van der Waals surface area contributed by atoms with Crippen LogP contribution in [0.4, 0.5) is 0 Å². The van der Waals surface area contributed by atoms with Crippen LogP contribution in [0.1, 0.15) is 16.7 Å². The molecule has 2 aromatic carbocycles. The molecule has 0 saturated heterocycles. The van der Waals surface area contributed by atoms with Gasteiger partial charge in [-0.1, -0.05) is 30.3 Å². The molecule has 0 unspecified atom stereocenters. The maximum absolute atomic E-state index is 5.46. The Hall–Kier alpha value is -3.08. The zero-order valence-electron chi connectivity index (χ0n) is 15.4. The van der Waals surface area contributed by atoms with Gasteiger partial charge in [0.25, 0.3) is 0 Å². The maximum Gasteiger partial charge on any atom is 0.191 e. The van der Waals surface area contributed by atoms with Gasteiger partial charge in [0, 0.05) is 37.3 Å². The van der Waals surface area contributed by atoms with E-state index in [1.54, 1.807) is 14.2 Å². The van der Waals surface area contributed by atoms with Crippen molar-refractivity contribution in [2.24, 2.45) is 4.99 Å². The van der Waals surface area contributed by atoms with Crippen LogP contribution in [0.2, 0.25) is 0 Å². The van der Waals surface area contributed by atoms with Crippen molar-refractivity contribution in [3.05, 3.63) is 71.4 Å². The highest BCUT2D eigenvalue weighted by Gasteiger charge is 2.06. The number of guanidine groups is 1. The van der Waals surface area contributed by atoms with E-state index in [0.29, 0.717) is 13.1 Å². The smallest absolute Gasteiger partial charge is 0.191 e. The molecular formula is C21H24N4O. The Balaban J connectivity index is 1.65. The van der Waals surface area contributed by atoms with Crippen LogP contribution in [-0.4, -0.2) is 25.1 Å². The van der Waals surface area contributed by atoms with Crippen LogP contribution in [0.15, 0.2) is 59.7 Å². The molecule has 0 amide bonds. The molecule has 0 radical (unpaired) electrons. The molecule has 134 valence electrons. The molecule has 5 nitrogen and oxygen atoms in total. The lowest BCUT2D eigenvalue weighted by Gasteiger charge is -2.15. The van der Waals surface area contributed by atoms with Crippen LogP contribution in [0, 0.1) is 6.92 Å². The van der Waals surface area contributed by atoms with Gasteiger partial charge in [-0.2, -0.15) is 0 Å². The number of aromatic nitrogens is 1. The second-order valence-electron chi connectivity index (χ2n) is 6.08. The van der Waals surface area contributed by atoms with E-state index < -0.39 is 0 Å². The van der Waals surface area contributed by atoms with E-state index in [4.69, 9.17) is 4.74 Å². The average molecular weight is 348 g/mol. The predicted molar refractivity (Wildman–Crippen MR) is 107 cm³/mol. The van der Waals surface area contributed by atoms with Crippen LogP contribution in [0.25, 0.3) is 10.9 Å². The number of rotatable bonds is 5. The fourth-order valence-electron chi connectivity index (χ4n) is 2.89. The van der Waals surface area contributed by atoms with Crippen molar-refractivity contribution in [2.45, 2.75) is 20.0 Å². The summed E-state index contributed by atoms with van der Waals surface area (Å²) in [7, 11) is 3.46. The molecule has 5 heteroatoms. The van der Waals surface area contributed by atoms with Crippen molar-refractivity contribution in [1.29, 1.82) is 0 Å². The molecule has 0 bridgehead atoms. The molecule has 0 aliphatic carbocycles. The molecular weight excluding hydrogens is 324 g/mol. The number of aryl methyl sites for hydroxylation is 1. The Labute approximate surface area is 154 Å². The van der Waals surface area contributed by atoms with Crippen molar-refractivity contribution < 1.29 is 4.74 Å². The molecule has 0 aliphatic rings. The Morgan fingerprint density at radius 3 is 2.58 bits per heavy atom. The van der Waals surface area contributed by atoms with Crippen molar-refractivity contribution in [3.63, 3.8) is 0 Å². The number of ether oxygens (including phenoxy) is 1. The largest absolute Gasteiger partial charge is 0.496 e. The normalized spacial score (nSPS) is 11.4. The summed E-state index contributed by atoms with van der Waals surface area (Å²) in [6.45, 7) is 3.37. The fourth-order valence-corrected chi connectivity index (χ4v) is 2.89. The summed E-state index contributed by atoms with van der Waals surface area (Å²) in [6, 6.07) is 16.4. The molecule has 2 N–H and O–H groups in total. The third-order valence-electron chi connectivity index (χ3n) is 4.30. The predicted octanol–water partition coefficient (Wildman–Crippen LogP) is 3.42. The van der Waals surface area contributed by atoms with Crippen LogP contribution >= 0.6 is 0 Å². The van der Waals surface area contributed by atoms with Gasteiger partial charge in [-0.3, -0.25) is 9.98 Å². The van der Waals surface area contributed by atoms with Gasteiger partial charge in [0.05, 0.1) is 12.6 Å². The lowest BCUT2D eigenvalue weighted by Crippen LogP contribution is -2.36. The number of fused-ring (bicyclic) bond motifs is 1. The number of para-hydroxylation sites is 1. The zero-order valence-corrected chi connectivity index (χ0v) is 15.4. The fraction of sp³-hybridized carbons (Fsp3) is 0.238.